The summed E-state index contributed by atoms with van der Waals surface area (Å²) in [6.45, 7) is 0.195. The number of phenols is 1. The monoisotopic (exact) mass is 453 g/mol. The Morgan fingerprint density at radius 1 is 1.07 bits per heavy atom. The summed E-state index contributed by atoms with van der Waals surface area (Å²) in [5, 5.41) is 13.3. The van der Waals surface area contributed by atoms with E-state index in [1.165, 1.54) is 7.11 Å². The number of carbonyl (C=O) groups excluding carboxylic acids is 1. The number of carbonyl (C=O) groups is 1. The van der Waals surface area contributed by atoms with Gasteiger partial charge in [-0.25, -0.2) is 4.79 Å². The number of quaternary nitrogens is 1. The van der Waals surface area contributed by atoms with E-state index in [2.05, 4.69) is 45.5 Å². The van der Waals surface area contributed by atoms with Gasteiger partial charge in [0, 0.05) is 26.9 Å². The molecule has 3 N–H and O–H groups in total. The Kier molecular flexibility index (Phi) is 5.56. The van der Waals surface area contributed by atoms with Crippen LogP contribution in [0.5, 0.6) is 5.75 Å². The van der Waals surface area contributed by atoms with Crippen LogP contribution in [0.4, 0.5) is 5.69 Å². The number of benzene rings is 3. The number of anilines is 1. The van der Waals surface area contributed by atoms with Crippen LogP contribution in [-0.4, -0.2) is 24.7 Å². The first kappa shape index (κ1) is 19.5. The van der Waals surface area contributed by atoms with E-state index in [0.29, 0.717) is 0 Å². The van der Waals surface area contributed by atoms with Crippen molar-refractivity contribution < 1.29 is 19.5 Å². The highest BCUT2D eigenvalue weighted by molar-refractivity contribution is 9.10. The van der Waals surface area contributed by atoms with Crippen molar-refractivity contribution in [3.05, 3.63) is 94.0 Å². The number of halogens is 1. The summed E-state index contributed by atoms with van der Waals surface area (Å²) in [6, 6.07) is 23.4. The second-order valence-electron chi connectivity index (χ2n) is 7.07. The summed E-state index contributed by atoms with van der Waals surface area (Å²) >= 11 is 3.59. The predicted octanol–water partition coefficient (Wildman–Crippen LogP) is 3.43. The van der Waals surface area contributed by atoms with E-state index in [4.69, 9.17) is 4.74 Å². The van der Waals surface area contributed by atoms with Crippen LogP contribution in [0.1, 0.15) is 28.9 Å². The lowest BCUT2D eigenvalue weighted by Gasteiger charge is -2.41. The number of methoxy groups -OCH3 is 1. The molecule has 0 fully saturated rings. The van der Waals surface area contributed by atoms with E-state index in [1.807, 2.05) is 36.4 Å². The fraction of sp³-hybridized carbons (Fsp3) is 0.174. The van der Waals surface area contributed by atoms with Crippen molar-refractivity contribution in [1.29, 1.82) is 0 Å². The minimum absolute atomic E-state index is 0.0668. The molecule has 0 spiro atoms. The standard InChI is InChI=1S/C23H21BrN2O3/c1-29-21(28)14-26-22(15-5-3-2-4-6-15)19-13-17(24)9-12-20(19)25-23(26)16-7-10-18(27)11-8-16/h2-13,22-23,25,27H,14H2,1H3/p+1/t22-,23-/m0/s1. The normalized spacial score (nSPS) is 20.4. The largest absolute Gasteiger partial charge is 0.508 e. The number of hydrogen-bond acceptors (Lipinski definition) is 4. The first-order chi connectivity index (χ1) is 14.1. The predicted molar refractivity (Wildman–Crippen MR) is 115 cm³/mol. The molecule has 3 atom stereocenters. The average Bonchev–Trinajstić information content (AvgIpc) is 2.74. The van der Waals surface area contributed by atoms with E-state index in [9.17, 15) is 9.90 Å². The summed E-state index contributed by atoms with van der Waals surface area (Å²) in [5.41, 5.74) is 4.24. The summed E-state index contributed by atoms with van der Waals surface area (Å²) in [6.07, 6.45) is -0.186. The zero-order valence-electron chi connectivity index (χ0n) is 15.9. The molecule has 3 aromatic rings. The van der Waals surface area contributed by atoms with Gasteiger partial charge in [0.15, 0.2) is 12.7 Å². The van der Waals surface area contributed by atoms with Crippen LogP contribution in [0.15, 0.2) is 77.3 Å². The molecule has 1 aliphatic rings. The summed E-state index contributed by atoms with van der Waals surface area (Å²) in [4.78, 5) is 13.4. The molecule has 0 radical (unpaired) electrons. The SMILES string of the molecule is COC(=O)C[NH+]1[C@@H](c2ccccc2)c2cc(Br)ccc2N[C@@H]1c1ccc(O)cc1. The van der Waals surface area contributed by atoms with Gasteiger partial charge < -0.3 is 15.2 Å². The third kappa shape index (κ3) is 3.99. The van der Waals surface area contributed by atoms with Gasteiger partial charge >= 0.3 is 5.97 Å². The second-order valence-corrected chi connectivity index (χ2v) is 7.99. The molecule has 0 amide bonds. The summed E-state index contributed by atoms with van der Waals surface area (Å²) < 4.78 is 6.00. The molecular formula is C23H22BrN2O3+. The van der Waals surface area contributed by atoms with Crippen LogP contribution in [0.3, 0.4) is 0 Å². The fourth-order valence-corrected chi connectivity index (χ4v) is 4.34. The summed E-state index contributed by atoms with van der Waals surface area (Å²) in [5.74, 6) is -0.0621. The number of rotatable bonds is 4. The molecule has 0 saturated carbocycles. The van der Waals surface area contributed by atoms with Crippen LogP contribution in [0.2, 0.25) is 0 Å². The molecule has 1 unspecified atom stereocenters. The van der Waals surface area contributed by atoms with Crippen LogP contribution in [0.25, 0.3) is 0 Å². The molecule has 0 saturated heterocycles. The molecule has 1 heterocycles. The van der Waals surface area contributed by atoms with Gasteiger partial charge in [-0.2, -0.15) is 0 Å². The zero-order chi connectivity index (χ0) is 20.4. The Hall–Kier alpha value is -2.83. The second kappa shape index (κ2) is 8.27. The van der Waals surface area contributed by atoms with Gasteiger partial charge in [0.25, 0.3) is 0 Å². The molecule has 29 heavy (non-hydrogen) atoms. The molecule has 0 bridgehead atoms. The van der Waals surface area contributed by atoms with E-state index in [-0.39, 0.29) is 30.5 Å². The van der Waals surface area contributed by atoms with Gasteiger partial charge in [-0.05, 0) is 42.5 Å². The number of nitrogens with one attached hydrogen (secondary N) is 2. The van der Waals surface area contributed by atoms with Crippen molar-refractivity contribution in [2.45, 2.75) is 12.2 Å². The molecule has 3 aromatic carbocycles. The van der Waals surface area contributed by atoms with Gasteiger partial charge in [-0.1, -0.05) is 46.3 Å². The van der Waals surface area contributed by atoms with Gasteiger partial charge in [-0.3, -0.25) is 4.90 Å². The molecule has 0 aliphatic carbocycles. The van der Waals surface area contributed by atoms with Crippen LogP contribution < -0.4 is 10.2 Å². The molecule has 5 nitrogen and oxygen atoms in total. The number of aromatic hydroxyl groups is 1. The van der Waals surface area contributed by atoms with Crippen molar-refractivity contribution in [3.63, 3.8) is 0 Å². The minimum atomic E-state index is -0.273. The van der Waals surface area contributed by atoms with Crippen LogP contribution in [0, 0.1) is 0 Å². The Balaban J connectivity index is 1.88. The number of phenolic OH excluding ortho intramolecular Hbond substituents is 1. The molecule has 148 valence electrons. The lowest BCUT2D eigenvalue weighted by molar-refractivity contribution is -0.947. The molecule has 4 rings (SSSR count). The average molecular weight is 454 g/mol. The highest BCUT2D eigenvalue weighted by Gasteiger charge is 2.41. The maximum Gasteiger partial charge on any atom is 0.361 e. The van der Waals surface area contributed by atoms with E-state index >= 15 is 0 Å². The minimum Gasteiger partial charge on any atom is -0.508 e. The Labute approximate surface area is 178 Å². The fourth-order valence-electron chi connectivity index (χ4n) is 3.96. The van der Waals surface area contributed by atoms with Gasteiger partial charge in [0.2, 0.25) is 0 Å². The van der Waals surface area contributed by atoms with Crippen molar-refractivity contribution in [2.24, 2.45) is 0 Å². The van der Waals surface area contributed by atoms with Crippen LogP contribution >= 0.6 is 15.9 Å². The first-order valence-corrected chi connectivity index (χ1v) is 10.2. The van der Waals surface area contributed by atoms with Crippen molar-refractivity contribution in [2.75, 3.05) is 19.0 Å². The summed E-state index contributed by atoms with van der Waals surface area (Å²) in [7, 11) is 1.41. The smallest absolute Gasteiger partial charge is 0.361 e. The Morgan fingerprint density at radius 2 is 1.79 bits per heavy atom. The third-order valence-corrected chi connectivity index (χ3v) is 5.79. The molecule has 6 heteroatoms. The van der Waals surface area contributed by atoms with Crippen LogP contribution in [-0.2, 0) is 9.53 Å². The number of ether oxygens (including phenoxy) is 1. The zero-order valence-corrected chi connectivity index (χ0v) is 17.5. The lowest BCUT2D eigenvalue weighted by Crippen LogP contribution is -3.15. The quantitative estimate of drug-likeness (QED) is 0.529. The van der Waals surface area contributed by atoms with E-state index in [1.54, 1.807) is 12.1 Å². The Morgan fingerprint density at radius 3 is 2.48 bits per heavy atom. The molecule has 0 aromatic heterocycles. The van der Waals surface area contributed by atoms with E-state index < -0.39 is 0 Å². The maximum atomic E-state index is 12.3. The highest BCUT2D eigenvalue weighted by Crippen LogP contribution is 2.35. The maximum absolute atomic E-state index is 12.3. The lowest BCUT2D eigenvalue weighted by atomic mass is 9.91. The number of fused-ring (bicyclic) bond motifs is 1. The number of esters is 1. The van der Waals surface area contributed by atoms with Crippen molar-refractivity contribution in [3.8, 4) is 5.75 Å². The van der Waals surface area contributed by atoms with Crippen molar-refractivity contribution >= 4 is 27.6 Å². The molecular weight excluding hydrogens is 432 g/mol. The molecule has 1 aliphatic heterocycles. The topological polar surface area (TPSA) is 63.0 Å². The van der Waals surface area contributed by atoms with Crippen molar-refractivity contribution in [1.82, 2.24) is 0 Å². The first-order valence-electron chi connectivity index (χ1n) is 9.39. The van der Waals surface area contributed by atoms with Gasteiger partial charge in [0.1, 0.15) is 11.8 Å². The number of hydrogen-bond donors (Lipinski definition) is 3. The van der Waals surface area contributed by atoms with Gasteiger partial charge in [0.05, 0.1) is 7.11 Å². The van der Waals surface area contributed by atoms with Gasteiger partial charge in [-0.15, -0.1) is 0 Å². The van der Waals surface area contributed by atoms with E-state index in [0.717, 1.165) is 31.8 Å². The highest BCUT2D eigenvalue weighted by atomic mass is 79.9. The Bertz CT molecular complexity index is 1010. The third-order valence-electron chi connectivity index (χ3n) is 5.30.